The second-order valence-corrected chi connectivity index (χ2v) is 7.38. The Labute approximate surface area is 174 Å². The predicted molar refractivity (Wildman–Crippen MR) is 126 cm³/mol. The van der Waals surface area contributed by atoms with Gasteiger partial charge in [0.15, 0.2) is 0 Å². The van der Waals surface area contributed by atoms with Gasteiger partial charge in [-0.1, -0.05) is 86.6 Å². The van der Waals surface area contributed by atoms with Gasteiger partial charge in [0.25, 0.3) is 0 Å². The lowest BCUT2D eigenvalue weighted by Gasteiger charge is -2.10. The zero-order valence-corrected chi connectivity index (χ0v) is 17.2. The monoisotopic (exact) mass is 377 g/mol. The molecular weight excluding hydrogens is 350 g/mol. The van der Waals surface area contributed by atoms with Crippen LogP contribution in [-0.2, 0) is 12.8 Å². The quantitative estimate of drug-likeness (QED) is 0.360. The second kappa shape index (κ2) is 8.79. The Morgan fingerprint density at radius 3 is 0.966 bits per heavy atom. The molecule has 0 aromatic heterocycles. The second-order valence-electron chi connectivity index (χ2n) is 7.38. The third-order valence-electron chi connectivity index (χ3n) is 5.45. The van der Waals surface area contributed by atoms with Gasteiger partial charge in [-0.25, -0.2) is 0 Å². The summed E-state index contributed by atoms with van der Waals surface area (Å²) in [5.41, 5.74) is 9.93. The van der Waals surface area contributed by atoms with Crippen LogP contribution >= 0.6 is 0 Å². The molecule has 144 valence electrons. The van der Waals surface area contributed by atoms with E-state index < -0.39 is 0 Å². The van der Waals surface area contributed by atoms with Crippen LogP contribution < -0.4 is 5.32 Å². The highest BCUT2D eigenvalue weighted by molar-refractivity contribution is 5.71. The summed E-state index contributed by atoms with van der Waals surface area (Å²) in [6, 6.07) is 34.9. The van der Waals surface area contributed by atoms with Gasteiger partial charge in [-0.15, -0.1) is 0 Å². The van der Waals surface area contributed by atoms with E-state index in [1.807, 2.05) is 0 Å². The molecule has 4 aromatic rings. The van der Waals surface area contributed by atoms with E-state index in [-0.39, 0.29) is 0 Å². The van der Waals surface area contributed by atoms with Crippen LogP contribution in [0.15, 0.2) is 97.1 Å². The summed E-state index contributed by atoms with van der Waals surface area (Å²) in [6.07, 6.45) is 2.15. The van der Waals surface area contributed by atoms with Gasteiger partial charge in [0.2, 0.25) is 0 Å². The Morgan fingerprint density at radius 2 is 0.690 bits per heavy atom. The molecule has 0 aliphatic carbocycles. The van der Waals surface area contributed by atoms with E-state index in [4.69, 9.17) is 0 Å². The number of hydrogen-bond acceptors (Lipinski definition) is 1. The van der Waals surface area contributed by atoms with Gasteiger partial charge in [-0.05, 0) is 70.5 Å². The average molecular weight is 378 g/mol. The predicted octanol–water partition coefficient (Wildman–Crippen LogP) is 7.89. The first-order chi connectivity index (χ1) is 14.2. The molecule has 0 aliphatic heterocycles. The first-order valence-corrected chi connectivity index (χ1v) is 10.4. The lowest BCUT2D eigenvalue weighted by atomic mass is 10.0. The van der Waals surface area contributed by atoms with Gasteiger partial charge in [0.1, 0.15) is 0 Å². The van der Waals surface area contributed by atoms with Crippen molar-refractivity contribution in [2.45, 2.75) is 26.7 Å². The molecule has 0 saturated carbocycles. The molecule has 1 nitrogen and oxygen atoms in total. The van der Waals surface area contributed by atoms with E-state index in [2.05, 4.69) is 116 Å². The van der Waals surface area contributed by atoms with Crippen LogP contribution in [0.5, 0.6) is 0 Å². The molecule has 0 aliphatic rings. The van der Waals surface area contributed by atoms with Crippen LogP contribution in [0, 0.1) is 0 Å². The van der Waals surface area contributed by atoms with Crippen molar-refractivity contribution >= 4 is 11.4 Å². The van der Waals surface area contributed by atoms with Crippen LogP contribution in [0.4, 0.5) is 11.4 Å². The molecule has 0 heterocycles. The van der Waals surface area contributed by atoms with Crippen molar-refractivity contribution in [1.29, 1.82) is 0 Å². The minimum Gasteiger partial charge on any atom is -0.356 e. The molecule has 0 bridgehead atoms. The molecule has 0 radical (unpaired) electrons. The van der Waals surface area contributed by atoms with Gasteiger partial charge in [0, 0.05) is 11.4 Å². The maximum absolute atomic E-state index is 3.50. The Balaban J connectivity index is 1.44. The van der Waals surface area contributed by atoms with Crippen LogP contribution in [-0.4, -0.2) is 0 Å². The first kappa shape index (κ1) is 19.0. The molecule has 0 unspecified atom stereocenters. The van der Waals surface area contributed by atoms with E-state index in [1.165, 1.54) is 33.4 Å². The number of anilines is 2. The Bertz CT molecular complexity index is 952. The van der Waals surface area contributed by atoms with Crippen molar-refractivity contribution in [2.75, 3.05) is 5.32 Å². The number of hydrogen-bond donors (Lipinski definition) is 1. The summed E-state index contributed by atoms with van der Waals surface area (Å²) in [4.78, 5) is 0. The minimum absolute atomic E-state index is 1.08. The Morgan fingerprint density at radius 1 is 0.414 bits per heavy atom. The first-order valence-electron chi connectivity index (χ1n) is 10.4. The van der Waals surface area contributed by atoms with Gasteiger partial charge in [0.05, 0.1) is 0 Å². The van der Waals surface area contributed by atoms with Crippen molar-refractivity contribution in [1.82, 2.24) is 0 Å². The van der Waals surface area contributed by atoms with Crippen LogP contribution in [0.3, 0.4) is 0 Å². The van der Waals surface area contributed by atoms with E-state index in [0.29, 0.717) is 0 Å². The fourth-order valence-electron chi connectivity index (χ4n) is 3.52. The SMILES string of the molecule is CCc1ccc(-c2ccc(Nc3ccc(-c4ccc(CC)cc4)cc3)cc2)cc1. The zero-order chi connectivity index (χ0) is 20.1. The maximum atomic E-state index is 3.50. The number of rotatable bonds is 6. The number of aryl methyl sites for hydroxylation is 2. The molecule has 4 rings (SSSR count). The Hall–Kier alpha value is -3.32. The molecule has 0 fully saturated rings. The highest BCUT2D eigenvalue weighted by Crippen LogP contribution is 2.26. The van der Waals surface area contributed by atoms with Gasteiger partial charge >= 0.3 is 0 Å². The summed E-state index contributed by atoms with van der Waals surface area (Å²) in [5.74, 6) is 0. The van der Waals surface area contributed by atoms with Crippen molar-refractivity contribution in [2.24, 2.45) is 0 Å². The van der Waals surface area contributed by atoms with E-state index >= 15 is 0 Å². The molecule has 1 heteroatoms. The smallest absolute Gasteiger partial charge is 0.0384 e. The molecule has 0 spiro atoms. The van der Waals surface area contributed by atoms with Crippen molar-refractivity contribution in [3.05, 3.63) is 108 Å². The maximum Gasteiger partial charge on any atom is 0.0384 e. The van der Waals surface area contributed by atoms with E-state index in [9.17, 15) is 0 Å². The standard InChI is InChI=1S/C28H27N/c1-3-21-5-9-23(10-6-21)25-13-17-27(18-14-25)29-28-19-15-26(16-20-28)24-11-7-22(4-2)8-12-24/h5-20,29H,3-4H2,1-2H3. The lowest BCUT2D eigenvalue weighted by Crippen LogP contribution is -1.90. The number of nitrogens with one attached hydrogen (secondary N) is 1. The topological polar surface area (TPSA) is 12.0 Å². The minimum atomic E-state index is 1.08. The summed E-state index contributed by atoms with van der Waals surface area (Å²) >= 11 is 0. The fourth-order valence-corrected chi connectivity index (χ4v) is 3.52. The molecular formula is C28H27N. The normalized spacial score (nSPS) is 10.7. The van der Waals surface area contributed by atoms with Crippen molar-refractivity contribution in [3.63, 3.8) is 0 Å². The van der Waals surface area contributed by atoms with Crippen LogP contribution in [0.1, 0.15) is 25.0 Å². The third kappa shape index (κ3) is 4.57. The lowest BCUT2D eigenvalue weighted by molar-refractivity contribution is 1.14. The summed E-state index contributed by atoms with van der Waals surface area (Å²) < 4.78 is 0. The summed E-state index contributed by atoms with van der Waals surface area (Å²) in [7, 11) is 0. The largest absolute Gasteiger partial charge is 0.356 e. The molecule has 29 heavy (non-hydrogen) atoms. The van der Waals surface area contributed by atoms with Gasteiger partial charge in [-0.3, -0.25) is 0 Å². The highest BCUT2D eigenvalue weighted by atomic mass is 14.9. The summed E-state index contributed by atoms with van der Waals surface area (Å²) in [5, 5.41) is 3.50. The fraction of sp³-hybridized carbons (Fsp3) is 0.143. The molecule has 0 amide bonds. The van der Waals surface area contributed by atoms with Crippen molar-refractivity contribution < 1.29 is 0 Å². The summed E-state index contributed by atoms with van der Waals surface area (Å²) in [6.45, 7) is 4.37. The molecule has 1 N–H and O–H groups in total. The third-order valence-corrected chi connectivity index (χ3v) is 5.45. The number of benzene rings is 4. The van der Waals surface area contributed by atoms with E-state index in [0.717, 1.165) is 24.2 Å². The molecule has 4 aromatic carbocycles. The Kier molecular flexibility index (Phi) is 5.76. The van der Waals surface area contributed by atoms with Gasteiger partial charge in [-0.2, -0.15) is 0 Å². The van der Waals surface area contributed by atoms with Crippen LogP contribution in [0.25, 0.3) is 22.3 Å². The van der Waals surface area contributed by atoms with Gasteiger partial charge < -0.3 is 5.32 Å². The average Bonchev–Trinajstić information content (AvgIpc) is 2.80. The zero-order valence-electron chi connectivity index (χ0n) is 17.2. The van der Waals surface area contributed by atoms with Crippen molar-refractivity contribution in [3.8, 4) is 22.3 Å². The molecule has 0 saturated heterocycles. The molecule has 0 atom stereocenters. The highest BCUT2D eigenvalue weighted by Gasteiger charge is 2.01. The van der Waals surface area contributed by atoms with E-state index in [1.54, 1.807) is 0 Å². The van der Waals surface area contributed by atoms with Crippen LogP contribution in [0.2, 0.25) is 0 Å².